The van der Waals surface area contributed by atoms with Crippen molar-refractivity contribution in [2.45, 2.75) is 19.6 Å². The normalized spacial score (nSPS) is 11.6. The minimum Gasteiger partial charge on any atom is -0.207 e. The van der Waals surface area contributed by atoms with Crippen LogP contribution in [0.1, 0.15) is 0 Å². The molecule has 190 valence electrons. The summed E-state index contributed by atoms with van der Waals surface area (Å²) >= 11 is 0. The summed E-state index contributed by atoms with van der Waals surface area (Å²) in [6, 6.07) is 46.4. The molecule has 6 aromatic rings. The van der Waals surface area contributed by atoms with Crippen LogP contribution in [-0.2, 0) is 0 Å². The highest BCUT2D eigenvalue weighted by molar-refractivity contribution is 6.88. The average Bonchev–Trinajstić information content (AvgIpc) is 2.97. The molecule has 0 N–H and O–H groups in total. The molecule has 0 nitrogen and oxygen atoms in total. The van der Waals surface area contributed by atoms with Gasteiger partial charge in [0.1, 0.15) is 5.82 Å². The molecular formula is C37H31FSi. The molecule has 0 radical (unpaired) electrons. The van der Waals surface area contributed by atoms with E-state index < -0.39 is 8.07 Å². The van der Waals surface area contributed by atoms with Crippen molar-refractivity contribution in [3.8, 4) is 44.5 Å². The summed E-state index contributed by atoms with van der Waals surface area (Å²) in [5.74, 6) is -0.213. The molecule has 6 rings (SSSR count). The molecule has 0 amide bonds. The van der Waals surface area contributed by atoms with Gasteiger partial charge in [-0.2, -0.15) is 0 Å². The van der Waals surface area contributed by atoms with E-state index in [-0.39, 0.29) is 5.82 Å². The van der Waals surface area contributed by atoms with Crippen molar-refractivity contribution in [3.63, 3.8) is 0 Å². The molecule has 0 fully saturated rings. The lowest BCUT2D eigenvalue weighted by Crippen LogP contribution is -2.37. The van der Waals surface area contributed by atoms with Gasteiger partial charge in [-0.3, -0.25) is 0 Å². The maximum absolute atomic E-state index is 13.3. The fraction of sp³-hybridized carbons (Fsp3) is 0.0811. The fourth-order valence-electron chi connectivity index (χ4n) is 5.12. The molecular weight excluding hydrogens is 491 g/mol. The van der Waals surface area contributed by atoms with Gasteiger partial charge in [-0.15, -0.1) is 0 Å². The average molecular weight is 523 g/mol. The number of benzene rings is 6. The van der Waals surface area contributed by atoms with E-state index in [1.54, 1.807) is 0 Å². The Hall–Kier alpha value is -4.27. The van der Waals surface area contributed by atoms with Crippen LogP contribution in [0.2, 0.25) is 19.6 Å². The number of halogens is 1. The summed E-state index contributed by atoms with van der Waals surface area (Å²) in [4.78, 5) is 0. The minimum absolute atomic E-state index is 0.213. The largest absolute Gasteiger partial charge is 0.207 e. The van der Waals surface area contributed by atoms with E-state index in [0.717, 1.165) is 11.1 Å². The zero-order valence-corrected chi connectivity index (χ0v) is 23.6. The van der Waals surface area contributed by atoms with Crippen molar-refractivity contribution in [2.75, 3.05) is 0 Å². The van der Waals surface area contributed by atoms with Crippen molar-refractivity contribution >= 4 is 24.0 Å². The van der Waals surface area contributed by atoms with E-state index in [0.29, 0.717) is 0 Å². The van der Waals surface area contributed by atoms with Gasteiger partial charge >= 0.3 is 0 Å². The van der Waals surface area contributed by atoms with Crippen LogP contribution in [0.4, 0.5) is 4.39 Å². The molecule has 0 aromatic heterocycles. The Labute approximate surface area is 231 Å². The van der Waals surface area contributed by atoms with Gasteiger partial charge < -0.3 is 0 Å². The Morgan fingerprint density at radius 3 is 1.00 bits per heavy atom. The molecule has 0 spiro atoms. The Kier molecular flexibility index (Phi) is 6.50. The quantitative estimate of drug-likeness (QED) is 0.198. The SMILES string of the molecule is C[Si](C)(C)c1ccc(-c2ccc(-c3ccc4cc(-c5ccc(-c6ccc(F)cc6)cc5)ccc4c3)cc2)cc1. The third-order valence-electron chi connectivity index (χ3n) is 7.54. The van der Waals surface area contributed by atoms with Crippen LogP contribution in [0.25, 0.3) is 55.3 Å². The van der Waals surface area contributed by atoms with E-state index in [1.807, 2.05) is 12.1 Å². The van der Waals surface area contributed by atoms with E-state index in [1.165, 1.54) is 61.5 Å². The smallest absolute Gasteiger partial charge is 0.123 e. The molecule has 0 aliphatic rings. The highest BCUT2D eigenvalue weighted by Crippen LogP contribution is 2.31. The van der Waals surface area contributed by atoms with Crippen LogP contribution in [0, 0.1) is 5.82 Å². The molecule has 2 heteroatoms. The fourth-order valence-corrected chi connectivity index (χ4v) is 6.29. The summed E-state index contributed by atoms with van der Waals surface area (Å²) in [7, 11) is -1.28. The molecule has 0 bridgehead atoms. The van der Waals surface area contributed by atoms with Crippen molar-refractivity contribution in [1.29, 1.82) is 0 Å². The number of fused-ring (bicyclic) bond motifs is 1. The van der Waals surface area contributed by atoms with Gasteiger partial charge in [0.2, 0.25) is 0 Å². The third-order valence-corrected chi connectivity index (χ3v) is 9.60. The van der Waals surface area contributed by atoms with Crippen molar-refractivity contribution < 1.29 is 4.39 Å². The zero-order valence-electron chi connectivity index (χ0n) is 22.6. The van der Waals surface area contributed by atoms with Gasteiger partial charge in [0.05, 0.1) is 8.07 Å². The molecule has 0 atom stereocenters. The van der Waals surface area contributed by atoms with Crippen LogP contribution in [0.5, 0.6) is 0 Å². The van der Waals surface area contributed by atoms with Crippen LogP contribution in [0.15, 0.2) is 133 Å². The first-order chi connectivity index (χ1) is 18.8. The number of hydrogen-bond acceptors (Lipinski definition) is 0. The standard InChI is InChI=1S/C37H31FSi/c1-39(2,3)37-22-18-29(19-23-37)27-6-10-31(11-7-27)33-13-15-34-24-32(12-14-35(34)25-33)30-8-4-26(5-9-30)28-16-20-36(38)21-17-28/h4-25H,1-3H3. The van der Waals surface area contributed by atoms with Gasteiger partial charge in [-0.1, -0.05) is 134 Å². The Balaban J connectivity index is 1.22. The number of rotatable bonds is 5. The van der Waals surface area contributed by atoms with Gasteiger partial charge in [0, 0.05) is 0 Å². The second kappa shape index (κ2) is 10.1. The highest BCUT2D eigenvalue weighted by Gasteiger charge is 2.15. The van der Waals surface area contributed by atoms with Crippen LogP contribution >= 0.6 is 0 Å². The second-order valence-corrected chi connectivity index (χ2v) is 16.3. The lowest BCUT2D eigenvalue weighted by molar-refractivity contribution is 0.628. The lowest BCUT2D eigenvalue weighted by Gasteiger charge is -2.16. The molecule has 0 saturated heterocycles. The van der Waals surface area contributed by atoms with Gasteiger partial charge in [0.25, 0.3) is 0 Å². The molecule has 0 aliphatic heterocycles. The molecule has 0 unspecified atom stereocenters. The monoisotopic (exact) mass is 522 g/mol. The van der Waals surface area contributed by atoms with Crippen LogP contribution in [-0.4, -0.2) is 8.07 Å². The zero-order chi connectivity index (χ0) is 27.0. The first-order valence-corrected chi connectivity index (χ1v) is 17.0. The van der Waals surface area contributed by atoms with E-state index in [4.69, 9.17) is 0 Å². The Morgan fingerprint density at radius 2 is 0.641 bits per heavy atom. The van der Waals surface area contributed by atoms with E-state index >= 15 is 0 Å². The minimum atomic E-state index is -1.28. The molecule has 6 aromatic carbocycles. The highest BCUT2D eigenvalue weighted by atomic mass is 28.3. The maximum Gasteiger partial charge on any atom is 0.123 e. The van der Waals surface area contributed by atoms with Crippen molar-refractivity contribution in [1.82, 2.24) is 0 Å². The summed E-state index contributed by atoms with van der Waals surface area (Å²) in [5.41, 5.74) is 9.41. The van der Waals surface area contributed by atoms with Crippen LogP contribution in [0.3, 0.4) is 0 Å². The molecule has 39 heavy (non-hydrogen) atoms. The first-order valence-electron chi connectivity index (χ1n) is 13.5. The van der Waals surface area contributed by atoms with E-state index in [2.05, 4.69) is 129 Å². The third kappa shape index (κ3) is 5.34. The topological polar surface area (TPSA) is 0 Å². The summed E-state index contributed by atoms with van der Waals surface area (Å²) < 4.78 is 13.3. The first kappa shape index (κ1) is 25.0. The maximum atomic E-state index is 13.3. The van der Waals surface area contributed by atoms with Crippen molar-refractivity contribution in [2.24, 2.45) is 0 Å². The predicted octanol–water partition coefficient (Wildman–Crippen LogP) is 10.2. The molecule has 0 heterocycles. The molecule has 0 aliphatic carbocycles. The second-order valence-electron chi connectivity index (χ2n) is 11.3. The summed E-state index contributed by atoms with van der Waals surface area (Å²) in [6.07, 6.45) is 0. The summed E-state index contributed by atoms with van der Waals surface area (Å²) in [6.45, 7) is 7.15. The van der Waals surface area contributed by atoms with E-state index in [9.17, 15) is 4.39 Å². The number of hydrogen-bond donors (Lipinski definition) is 0. The molecule has 0 saturated carbocycles. The van der Waals surface area contributed by atoms with Crippen LogP contribution < -0.4 is 5.19 Å². The van der Waals surface area contributed by atoms with Crippen molar-refractivity contribution in [3.05, 3.63) is 139 Å². The predicted molar refractivity (Wildman–Crippen MR) is 169 cm³/mol. The van der Waals surface area contributed by atoms with Gasteiger partial charge in [-0.25, -0.2) is 4.39 Å². The van der Waals surface area contributed by atoms with Gasteiger partial charge in [0.15, 0.2) is 0 Å². The Bertz CT molecular complexity index is 1740. The summed E-state index contributed by atoms with van der Waals surface area (Å²) in [5, 5.41) is 3.94. The van der Waals surface area contributed by atoms with Gasteiger partial charge in [-0.05, 0) is 79.5 Å². The lowest BCUT2D eigenvalue weighted by atomic mass is 9.96. The Morgan fingerprint density at radius 1 is 0.359 bits per heavy atom.